The molecule has 1 unspecified atom stereocenters. The molecule has 2 aliphatic heterocycles. The number of pyridine rings is 1. The van der Waals surface area contributed by atoms with E-state index in [1.54, 1.807) is 12.4 Å². The Hall–Kier alpha value is -2.40. The average Bonchev–Trinajstić information content (AvgIpc) is 3.07. The van der Waals surface area contributed by atoms with Crippen LogP contribution in [0.3, 0.4) is 0 Å². The van der Waals surface area contributed by atoms with Gasteiger partial charge in [0, 0.05) is 29.9 Å². The minimum absolute atomic E-state index is 0.0166. The summed E-state index contributed by atoms with van der Waals surface area (Å²) in [5, 5.41) is 6.32. The topological polar surface area (TPSA) is 63.2 Å². The summed E-state index contributed by atoms with van der Waals surface area (Å²) in [6, 6.07) is 7.98. The average molecular weight is 295 g/mol. The van der Waals surface area contributed by atoms with Crippen molar-refractivity contribution in [3.8, 4) is 16.9 Å². The largest absolute Gasteiger partial charge is 0.487 e. The lowest BCUT2D eigenvalue weighted by atomic mass is 9.96. The summed E-state index contributed by atoms with van der Waals surface area (Å²) in [4.78, 5) is 16.4. The third-order valence-electron chi connectivity index (χ3n) is 4.22. The van der Waals surface area contributed by atoms with Crippen molar-refractivity contribution in [3.63, 3.8) is 0 Å². The van der Waals surface area contributed by atoms with Gasteiger partial charge in [-0.15, -0.1) is 0 Å². The Labute approximate surface area is 128 Å². The van der Waals surface area contributed by atoms with Gasteiger partial charge in [0.1, 0.15) is 12.4 Å². The normalized spacial score (nSPS) is 19.0. The molecule has 1 aromatic heterocycles. The molecular weight excluding hydrogens is 278 g/mol. The number of benzene rings is 1. The number of amides is 1. The molecule has 2 aromatic rings. The van der Waals surface area contributed by atoms with Crippen LogP contribution in [0, 0.1) is 0 Å². The van der Waals surface area contributed by atoms with Crippen molar-refractivity contribution < 1.29 is 9.53 Å². The van der Waals surface area contributed by atoms with Gasteiger partial charge in [0.25, 0.3) is 5.91 Å². The molecule has 1 amide bonds. The molecule has 2 N–H and O–H groups in total. The van der Waals surface area contributed by atoms with Gasteiger partial charge in [0.15, 0.2) is 0 Å². The van der Waals surface area contributed by atoms with E-state index in [2.05, 4.69) is 15.6 Å². The summed E-state index contributed by atoms with van der Waals surface area (Å²) in [5.41, 5.74) is 3.87. The molecule has 2 aliphatic rings. The van der Waals surface area contributed by atoms with Crippen LogP contribution in [0.2, 0.25) is 0 Å². The molecule has 0 aliphatic carbocycles. The fraction of sp³-hybridized carbons (Fsp3) is 0.294. The quantitative estimate of drug-likeness (QED) is 0.886. The molecule has 5 heteroatoms. The number of hydrogen-bond donors (Lipinski definition) is 2. The van der Waals surface area contributed by atoms with Crippen LogP contribution in [0.4, 0.5) is 0 Å². The van der Waals surface area contributed by atoms with Gasteiger partial charge in [-0.3, -0.25) is 9.78 Å². The van der Waals surface area contributed by atoms with E-state index in [1.165, 1.54) is 0 Å². The van der Waals surface area contributed by atoms with Crippen molar-refractivity contribution in [1.29, 1.82) is 0 Å². The zero-order chi connectivity index (χ0) is 14.9. The lowest BCUT2D eigenvalue weighted by Gasteiger charge is -2.21. The lowest BCUT2D eigenvalue weighted by Crippen LogP contribution is -2.36. The second kappa shape index (κ2) is 5.42. The molecule has 0 radical (unpaired) electrons. The minimum atomic E-state index is -0.0166. The molecule has 3 heterocycles. The minimum Gasteiger partial charge on any atom is -0.487 e. The van der Waals surface area contributed by atoms with Gasteiger partial charge in [-0.05, 0) is 42.3 Å². The second-order valence-corrected chi connectivity index (χ2v) is 5.70. The predicted octanol–water partition coefficient (Wildman–Crippen LogP) is 1.73. The number of aromatic nitrogens is 1. The van der Waals surface area contributed by atoms with Crippen molar-refractivity contribution in [2.45, 2.75) is 19.1 Å². The highest BCUT2D eigenvalue weighted by atomic mass is 16.5. The van der Waals surface area contributed by atoms with Crippen LogP contribution in [-0.4, -0.2) is 30.0 Å². The summed E-state index contributed by atoms with van der Waals surface area (Å²) in [6.45, 7) is 2.29. The van der Waals surface area contributed by atoms with Gasteiger partial charge in [0.2, 0.25) is 0 Å². The number of nitrogens with zero attached hydrogens (tertiary/aromatic N) is 1. The van der Waals surface area contributed by atoms with Gasteiger partial charge < -0.3 is 15.4 Å². The molecule has 0 bridgehead atoms. The zero-order valence-electron chi connectivity index (χ0n) is 12.1. The van der Waals surface area contributed by atoms with E-state index in [9.17, 15) is 4.79 Å². The van der Waals surface area contributed by atoms with Crippen LogP contribution in [0.15, 0.2) is 36.7 Å². The van der Waals surface area contributed by atoms with E-state index in [-0.39, 0.29) is 11.9 Å². The summed E-state index contributed by atoms with van der Waals surface area (Å²) in [6.07, 6.45) is 4.47. The number of hydrogen-bond acceptors (Lipinski definition) is 4. The molecule has 0 saturated carbocycles. The number of ether oxygens (including phenoxy) is 1. The molecule has 4 rings (SSSR count). The molecule has 1 aromatic carbocycles. The van der Waals surface area contributed by atoms with E-state index in [1.807, 2.05) is 24.3 Å². The maximum absolute atomic E-state index is 12.3. The van der Waals surface area contributed by atoms with E-state index in [0.29, 0.717) is 12.2 Å². The maximum atomic E-state index is 12.3. The Kier molecular flexibility index (Phi) is 3.27. The van der Waals surface area contributed by atoms with Gasteiger partial charge in [-0.25, -0.2) is 0 Å². The summed E-state index contributed by atoms with van der Waals surface area (Å²) >= 11 is 0. The fourth-order valence-electron chi connectivity index (χ4n) is 3.04. The van der Waals surface area contributed by atoms with Crippen molar-refractivity contribution in [3.05, 3.63) is 47.8 Å². The first kappa shape index (κ1) is 13.3. The van der Waals surface area contributed by atoms with Crippen LogP contribution < -0.4 is 15.4 Å². The molecule has 1 saturated heterocycles. The Balaban J connectivity index is 1.61. The zero-order valence-corrected chi connectivity index (χ0v) is 12.1. The first-order valence-electron chi connectivity index (χ1n) is 7.53. The highest BCUT2D eigenvalue weighted by Crippen LogP contribution is 2.36. The molecule has 1 atom stereocenters. The second-order valence-electron chi connectivity index (χ2n) is 5.70. The van der Waals surface area contributed by atoms with E-state index < -0.39 is 0 Å². The maximum Gasteiger partial charge on any atom is 0.251 e. The molecule has 0 spiro atoms. The standard InChI is InChI=1S/C17H17N3O2/c21-17(20-13-3-5-18-8-13)11-1-2-14-12(7-11)10-22-16-9-19-6-4-15(14)16/h1-2,4,6-7,9,13,18H,3,5,8,10H2,(H,20,21). The van der Waals surface area contributed by atoms with Crippen molar-refractivity contribution in [1.82, 2.24) is 15.6 Å². The third kappa shape index (κ3) is 2.33. The van der Waals surface area contributed by atoms with Crippen molar-refractivity contribution in [2.75, 3.05) is 13.1 Å². The Bertz CT molecular complexity index is 724. The van der Waals surface area contributed by atoms with Crippen LogP contribution in [0.25, 0.3) is 11.1 Å². The Morgan fingerprint density at radius 2 is 2.27 bits per heavy atom. The highest BCUT2D eigenvalue weighted by molar-refractivity contribution is 5.95. The van der Waals surface area contributed by atoms with Crippen LogP contribution in [-0.2, 0) is 6.61 Å². The number of carbonyl (C=O) groups excluding carboxylic acids is 1. The van der Waals surface area contributed by atoms with Gasteiger partial charge in [0.05, 0.1) is 6.20 Å². The Morgan fingerprint density at radius 1 is 1.32 bits per heavy atom. The predicted molar refractivity (Wildman–Crippen MR) is 82.7 cm³/mol. The van der Waals surface area contributed by atoms with Gasteiger partial charge in [-0.1, -0.05) is 6.07 Å². The number of nitrogens with one attached hydrogen (secondary N) is 2. The van der Waals surface area contributed by atoms with E-state index in [4.69, 9.17) is 4.74 Å². The summed E-state index contributed by atoms with van der Waals surface area (Å²) in [7, 11) is 0. The number of carbonyl (C=O) groups is 1. The molecule has 5 nitrogen and oxygen atoms in total. The SMILES string of the molecule is O=C(NC1CCNC1)c1ccc2c(c1)COc1cnccc1-2. The molecular formula is C17H17N3O2. The number of fused-ring (bicyclic) bond motifs is 3. The fourth-order valence-corrected chi connectivity index (χ4v) is 3.04. The van der Waals surface area contributed by atoms with E-state index >= 15 is 0 Å². The highest BCUT2D eigenvalue weighted by Gasteiger charge is 2.21. The molecule has 22 heavy (non-hydrogen) atoms. The monoisotopic (exact) mass is 295 g/mol. The van der Waals surface area contributed by atoms with Crippen LogP contribution in [0.1, 0.15) is 22.3 Å². The molecule has 1 fully saturated rings. The summed E-state index contributed by atoms with van der Waals surface area (Å²) < 4.78 is 5.71. The summed E-state index contributed by atoms with van der Waals surface area (Å²) in [5.74, 6) is 0.779. The van der Waals surface area contributed by atoms with Crippen LogP contribution >= 0.6 is 0 Å². The number of rotatable bonds is 2. The van der Waals surface area contributed by atoms with E-state index in [0.717, 1.165) is 42.0 Å². The van der Waals surface area contributed by atoms with Crippen molar-refractivity contribution in [2.24, 2.45) is 0 Å². The molecule has 112 valence electrons. The van der Waals surface area contributed by atoms with Crippen LogP contribution in [0.5, 0.6) is 5.75 Å². The third-order valence-corrected chi connectivity index (χ3v) is 4.22. The first-order chi connectivity index (χ1) is 10.8. The lowest BCUT2D eigenvalue weighted by molar-refractivity contribution is 0.0940. The smallest absolute Gasteiger partial charge is 0.251 e. The van der Waals surface area contributed by atoms with Crippen molar-refractivity contribution >= 4 is 5.91 Å². The van der Waals surface area contributed by atoms with Gasteiger partial charge in [-0.2, -0.15) is 0 Å². The Morgan fingerprint density at radius 3 is 3.14 bits per heavy atom. The van der Waals surface area contributed by atoms with Gasteiger partial charge >= 0.3 is 0 Å². The first-order valence-corrected chi connectivity index (χ1v) is 7.53.